The van der Waals surface area contributed by atoms with Crippen molar-refractivity contribution in [2.24, 2.45) is 0 Å². The first-order valence-electron chi connectivity index (χ1n) is 7.07. The fraction of sp³-hybridized carbons (Fsp3) is 0.786. The third kappa shape index (κ3) is 5.17. The lowest BCUT2D eigenvalue weighted by atomic mass is 10.00. The average molecular weight is 280 g/mol. The molecule has 2 amide bonds. The Morgan fingerprint density at radius 1 is 1.25 bits per heavy atom. The lowest BCUT2D eigenvalue weighted by Gasteiger charge is -2.24. The van der Waals surface area contributed by atoms with Gasteiger partial charge in [-0.1, -0.05) is 0 Å². The number of likely N-dealkylation sites (N-methyl/N-ethyl adjacent to an activating group) is 1. The van der Waals surface area contributed by atoms with Crippen molar-refractivity contribution in [1.82, 2.24) is 15.5 Å². The molecular formula is C14H24N4O2. The van der Waals surface area contributed by atoms with Crippen molar-refractivity contribution < 1.29 is 9.59 Å². The molecule has 0 aliphatic heterocycles. The van der Waals surface area contributed by atoms with Gasteiger partial charge in [0.25, 0.3) is 0 Å². The van der Waals surface area contributed by atoms with Gasteiger partial charge in [-0.05, 0) is 46.6 Å². The lowest BCUT2D eigenvalue weighted by molar-refractivity contribution is -0.125. The molecule has 6 heteroatoms. The average Bonchev–Trinajstić information content (AvgIpc) is 2.76. The first-order valence-corrected chi connectivity index (χ1v) is 7.07. The summed E-state index contributed by atoms with van der Waals surface area (Å²) < 4.78 is 0. The Kier molecular flexibility index (Phi) is 5.96. The number of nitrogens with zero attached hydrogens (tertiary/aromatic N) is 2. The molecule has 0 saturated heterocycles. The summed E-state index contributed by atoms with van der Waals surface area (Å²) >= 11 is 0. The first-order chi connectivity index (χ1) is 9.37. The number of carbonyl (C=O) groups is 2. The van der Waals surface area contributed by atoms with E-state index in [-0.39, 0.29) is 30.9 Å². The number of rotatable bonds is 6. The van der Waals surface area contributed by atoms with Gasteiger partial charge in [0, 0.05) is 6.04 Å². The summed E-state index contributed by atoms with van der Waals surface area (Å²) in [5.74, 6) is -0.306. The number of hydrogen-bond acceptors (Lipinski definition) is 4. The molecule has 112 valence electrons. The SMILES string of the molecule is CC(C)NC(=O)CN(C)CC(=O)NC1(C#N)CCCC1. The van der Waals surface area contributed by atoms with Crippen LogP contribution in [0.3, 0.4) is 0 Å². The molecule has 1 aliphatic rings. The molecule has 0 spiro atoms. The van der Waals surface area contributed by atoms with E-state index in [1.165, 1.54) is 0 Å². The van der Waals surface area contributed by atoms with Crippen LogP contribution >= 0.6 is 0 Å². The predicted octanol–water partition coefficient (Wildman–Crippen LogP) is 0.395. The second kappa shape index (κ2) is 7.25. The normalized spacial score (nSPS) is 17.0. The van der Waals surface area contributed by atoms with E-state index in [9.17, 15) is 14.9 Å². The van der Waals surface area contributed by atoms with Crippen LogP contribution in [0.15, 0.2) is 0 Å². The third-order valence-corrected chi connectivity index (χ3v) is 3.33. The number of nitrogens with one attached hydrogen (secondary N) is 2. The highest BCUT2D eigenvalue weighted by atomic mass is 16.2. The van der Waals surface area contributed by atoms with E-state index in [1.54, 1.807) is 11.9 Å². The maximum absolute atomic E-state index is 11.9. The van der Waals surface area contributed by atoms with E-state index in [2.05, 4.69) is 16.7 Å². The van der Waals surface area contributed by atoms with E-state index in [4.69, 9.17) is 0 Å². The highest BCUT2D eigenvalue weighted by Gasteiger charge is 2.35. The Morgan fingerprint density at radius 2 is 1.80 bits per heavy atom. The molecule has 0 atom stereocenters. The number of hydrogen-bond donors (Lipinski definition) is 2. The minimum absolute atomic E-state index is 0.0880. The zero-order valence-electron chi connectivity index (χ0n) is 12.5. The van der Waals surface area contributed by atoms with Crippen LogP contribution in [-0.2, 0) is 9.59 Å². The van der Waals surface area contributed by atoms with Crippen molar-refractivity contribution >= 4 is 11.8 Å². The van der Waals surface area contributed by atoms with Gasteiger partial charge in [-0.2, -0.15) is 5.26 Å². The summed E-state index contributed by atoms with van der Waals surface area (Å²) in [7, 11) is 1.72. The summed E-state index contributed by atoms with van der Waals surface area (Å²) in [6, 6.07) is 2.31. The summed E-state index contributed by atoms with van der Waals surface area (Å²) in [6.07, 6.45) is 3.38. The van der Waals surface area contributed by atoms with E-state index < -0.39 is 5.54 Å². The van der Waals surface area contributed by atoms with Gasteiger partial charge in [0.05, 0.1) is 19.2 Å². The van der Waals surface area contributed by atoms with Crippen molar-refractivity contribution in [3.8, 4) is 6.07 Å². The summed E-state index contributed by atoms with van der Waals surface area (Å²) in [4.78, 5) is 25.2. The van der Waals surface area contributed by atoms with Crippen LogP contribution in [0, 0.1) is 11.3 Å². The molecular weight excluding hydrogens is 256 g/mol. The van der Waals surface area contributed by atoms with Crippen molar-refractivity contribution in [3.05, 3.63) is 0 Å². The molecule has 1 fully saturated rings. The van der Waals surface area contributed by atoms with E-state index in [1.807, 2.05) is 13.8 Å². The van der Waals surface area contributed by atoms with E-state index in [0.717, 1.165) is 12.8 Å². The molecule has 20 heavy (non-hydrogen) atoms. The molecule has 1 saturated carbocycles. The minimum atomic E-state index is -0.696. The predicted molar refractivity (Wildman–Crippen MR) is 75.7 cm³/mol. The second-order valence-electron chi connectivity index (χ2n) is 5.84. The Labute approximate surface area is 120 Å². The standard InChI is InChI=1S/C14H24N4O2/c1-11(2)16-12(19)8-18(3)9-13(20)17-14(10-15)6-4-5-7-14/h11H,4-9H2,1-3H3,(H,16,19)(H,17,20). The Bertz CT molecular complexity index is 394. The van der Waals surface area contributed by atoms with Crippen LogP contribution < -0.4 is 10.6 Å². The fourth-order valence-corrected chi connectivity index (χ4v) is 2.46. The molecule has 2 N–H and O–H groups in total. The van der Waals surface area contributed by atoms with Crippen LogP contribution in [0.2, 0.25) is 0 Å². The number of carbonyl (C=O) groups excluding carboxylic acids is 2. The van der Waals surface area contributed by atoms with Gasteiger partial charge in [-0.3, -0.25) is 14.5 Å². The van der Waals surface area contributed by atoms with Gasteiger partial charge in [-0.15, -0.1) is 0 Å². The molecule has 1 aliphatic carbocycles. The van der Waals surface area contributed by atoms with Crippen LogP contribution in [0.4, 0.5) is 0 Å². The third-order valence-electron chi connectivity index (χ3n) is 3.33. The molecule has 0 heterocycles. The van der Waals surface area contributed by atoms with Crippen LogP contribution in [0.1, 0.15) is 39.5 Å². The molecule has 0 bridgehead atoms. The van der Waals surface area contributed by atoms with Crippen molar-refractivity contribution in [2.75, 3.05) is 20.1 Å². The van der Waals surface area contributed by atoms with Gasteiger partial charge in [0.2, 0.25) is 11.8 Å². The van der Waals surface area contributed by atoms with Gasteiger partial charge in [0.1, 0.15) is 5.54 Å². The van der Waals surface area contributed by atoms with E-state index in [0.29, 0.717) is 12.8 Å². The number of nitriles is 1. The highest BCUT2D eigenvalue weighted by molar-refractivity contribution is 5.81. The highest BCUT2D eigenvalue weighted by Crippen LogP contribution is 2.28. The van der Waals surface area contributed by atoms with Crippen LogP contribution in [-0.4, -0.2) is 48.4 Å². The Balaban J connectivity index is 2.38. The summed E-state index contributed by atoms with van der Waals surface area (Å²) in [6.45, 7) is 4.07. The molecule has 0 aromatic carbocycles. The maximum atomic E-state index is 11.9. The number of amides is 2. The van der Waals surface area contributed by atoms with Gasteiger partial charge >= 0.3 is 0 Å². The van der Waals surface area contributed by atoms with Crippen molar-refractivity contribution in [3.63, 3.8) is 0 Å². The summed E-state index contributed by atoms with van der Waals surface area (Å²) in [5, 5.41) is 14.8. The lowest BCUT2D eigenvalue weighted by Crippen LogP contribution is -2.49. The Hall–Kier alpha value is -1.61. The molecule has 0 aromatic rings. The topological polar surface area (TPSA) is 85.2 Å². The smallest absolute Gasteiger partial charge is 0.235 e. The van der Waals surface area contributed by atoms with Gasteiger partial charge < -0.3 is 10.6 Å². The second-order valence-corrected chi connectivity index (χ2v) is 5.84. The molecule has 0 unspecified atom stereocenters. The Morgan fingerprint density at radius 3 is 2.30 bits per heavy atom. The van der Waals surface area contributed by atoms with Crippen molar-refractivity contribution in [2.45, 2.75) is 51.1 Å². The van der Waals surface area contributed by atoms with E-state index >= 15 is 0 Å². The quantitative estimate of drug-likeness (QED) is 0.737. The van der Waals surface area contributed by atoms with Gasteiger partial charge in [0.15, 0.2) is 0 Å². The zero-order valence-corrected chi connectivity index (χ0v) is 12.5. The summed E-state index contributed by atoms with van der Waals surface area (Å²) in [5.41, 5.74) is -0.696. The molecule has 1 rings (SSSR count). The van der Waals surface area contributed by atoms with Crippen LogP contribution in [0.5, 0.6) is 0 Å². The first kappa shape index (κ1) is 16.4. The van der Waals surface area contributed by atoms with Crippen molar-refractivity contribution in [1.29, 1.82) is 5.26 Å². The van der Waals surface area contributed by atoms with Crippen LogP contribution in [0.25, 0.3) is 0 Å². The largest absolute Gasteiger partial charge is 0.353 e. The fourth-order valence-electron chi connectivity index (χ4n) is 2.46. The zero-order chi connectivity index (χ0) is 15.2. The van der Waals surface area contributed by atoms with Gasteiger partial charge in [-0.25, -0.2) is 0 Å². The monoisotopic (exact) mass is 280 g/mol. The molecule has 0 radical (unpaired) electrons. The minimum Gasteiger partial charge on any atom is -0.353 e. The molecule has 0 aromatic heterocycles. The maximum Gasteiger partial charge on any atom is 0.235 e. The molecule has 6 nitrogen and oxygen atoms in total.